The number of aryl methyl sites for hydroxylation is 1. The van der Waals surface area contributed by atoms with Gasteiger partial charge in [-0.25, -0.2) is 9.97 Å². The van der Waals surface area contributed by atoms with Gasteiger partial charge in [0.15, 0.2) is 5.82 Å². The smallest absolute Gasteiger partial charge is 0.230 e. The molecule has 0 atom stereocenters. The van der Waals surface area contributed by atoms with Gasteiger partial charge in [0, 0.05) is 11.4 Å². The van der Waals surface area contributed by atoms with Gasteiger partial charge in [0.25, 0.3) is 0 Å². The van der Waals surface area contributed by atoms with Crippen molar-refractivity contribution in [1.82, 2.24) is 15.0 Å². The molecule has 26 heavy (non-hydrogen) atoms. The second-order valence-electron chi connectivity index (χ2n) is 5.78. The molecule has 0 radical (unpaired) electrons. The second kappa shape index (κ2) is 8.67. The molecule has 0 aliphatic heterocycles. The highest BCUT2D eigenvalue weighted by atomic mass is 32.2. The number of nitrogens with zero attached hydrogens (tertiary/aromatic N) is 3. The second-order valence-corrected chi connectivity index (χ2v) is 6.64. The SMILES string of the molecule is CCOc1c(C)cccc1-c1ncnc(Nc2cccc(CSC)c2)n1. The maximum absolute atomic E-state index is 5.80. The molecule has 0 saturated carbocycles. The van der Waals surface area contributed by atoms with Crippen LogP contribution in [0.2, 0.25) is 0 Å². The molecule has 0 fully saturated rings. The molecule has 0 aliphatic carbocycles. The molecule has 1 heterocycles. The fourth-order valence-electron chi connectivity index (χ4n) is 2.69. The molecule has 0 amide bonds. The Kier molecular flexibility index (Phi) is 6.07. The molecule has 3 rings (SSSR count). The Labute approximate surface area is 158 Å². The summed E-state index contributed by atoms with van der Waals surface area (Å²) >= 11 is 1.79. The number of aromatic nitrogens is 3. The van der Waals surface area contributed by atoms with Gasteiger partial charge < -0.3 is 10.1 Å². The van der Waals surface area contributed by atoms with Crippen LogP contribution in [0.4, 0.5) is 11.6 Å². The Morgan fingerprint density at radius 1 is 1.12 bits per heavy atom. The van der Waals surface area contributed by atoms with Crippen molar-refractivity contribution in [3.63, 3.8) is 0 Å². The van der Waals surface area contributed by atoms with Gasteiger partial charge in [-0.05, 0) is 49.4 Å². The van der Waals surface area contributed by atoms with Crippen molar-refractivity contribution in [3.8, 4) is 17.1 Å². The minimum absolute atomic E-state index is 0.514. The van der Waals surface area contributed by atoms with Crippen LogP contribution in [-0.4, -0.2) is 27.8 Å². The summed E-state index contributed by atoms with van der Waals surface area (Å²) in [5.41, 5.74) is 4.15. The molecule has 5 nitrogen and oxygen atoms in total. The number of para-hydroxylation sites is 1. The molecule has 0 bridgehead atoms. The van der Waals surface area contributed by atoms with Crippen molar-refractivity contribution in [2.45, 2.75) is 19.6 Å². The van der Waals surface area contributed by atoms with Crippen molar-refractivity contribution >= 4 is 23.4 Å². The summed E-state index contributed by atoms with van der Waals surface area (Å²) in [6.07, 6.45) is 3.62. The Morgan fingerprint density at radius 3 is 2.77 bits per heavy atom. The molecule has 3 aromatic rings. The first-order chi connectivity index (χ1) is 12.7. The molecule has 134 valence electrons. The van der Waals surface area contributed by atoms with E-state index >= 15 is 0 Å². The Morgan fingerprint density at radius 2 is 1.96 bits per heavy atom. The predicted octanol–water partition coefficient (Wildman–Crippen LogP) is 4.85. The van der Waals surface area contributed by atoms with Crippen LogP contribution in [0, 0.1) is 6.92 Å². The normalized spacial score (nSPS) is 10.6. The summed E-state index contributed by atoms with van der Waals surface area (Å²) in [6.45, 7) is 4.58. The number of ether oxygens (including phenoxy) is 1. The van der Waals surface area contributed by atoms with E-state index in [9.17, 15) is 0 Å². The summed E-state index contributed by atoms with van der Waals surface area (Å²) in [7, 11) is 0. The van der Waals surface area contributed by atoms with Crippen LogP contribution in [-0.2, 0) is 5.75 Å². The van der Waals surface area contributed by atoms with E-state index in [0.717, 1.165) is 28.3 Å². The van der Waals surface area contributed by atoms with Gasteiger partial charge in [0.05, 0.1) is 12.2 Å². The minimum Gasteiger partial charge on any atom is -0.493 e. The van der Waals surface area contributed by atoms with Gasteiger partial charge in [-0.15, -0.1) is 0 Å². The monoisotopic (exact) mass is 366 g/mol. The first-order valence-electron chi connectivity index (χ1n) is 8.48. The van der Waals surface area contributed by atoms with E-state index < -0.39 is 0 Å². The standard InChI is InChI=1S/C20H22N4OS/c1-4-25-18-14(2)7-5-10-17(18)19-21-13-22-20(24-19)23-16-9-6-8-15(11-16)12-26-3/h5-11,13H,4,12H2,1-3H3,(H,21,22,23,24). The van der Waals surface area contributed by atoms with E-state index in [1.807, 2.05) is 44.2 Å². The average molecular weight is 366 g/mol. The summed E-state index contributed by atoms with van der Waals surface area (Å²) in [6, 6.07) is 14.2. The average Bonchev–Trinajstić information content (AvgIpc) is 2.64. The lowest BCUT2D eigenvalue weighted by atomic mass is 10.1. The molecular weight excluding hydrogens is 344 g/mol. The molecule has 0 aliphatic rings. The van der Waals surface area contributed by atoms with E-state index in [1.165, 1.54) is 11.9 Å². The third-order valence-electron chi connectivity index (χ3n) is 3.81. The number of nitrogens with one attached hydrogen (secondary N) is 1. The molecular formula is C20H22N4OS. The number of rotatable bonds is 7. The summed E-state index contributed by atoms with van der Waals surface area (Å²) in [5, 5.41) is 3.27. The van der Waals surface area contributed by atoms with E-state index in [4.69, 9.17) is 4.74 Å². The van der Waals surface area contributed by atoms with E-state index in [-0.39, 0.29) is 0 Å². The van der Waals surface area contributed by atoms with Crippen molar-refractivity contribution in [1.29, 1.82) is 0 Å². The third kappa shape index (κ3) is 4.32. The Bertz CT molecular complexity index is 885. The van der Waals surface area contributed by atoms with E-state index in [0.29, 0.717) is 18.4 Å². The summed E-state index contributed by atoms with van der Waals surface area (Å²) in [4.78, 5) is 13.2. The number of hydrogen-bond donors (Lipinski definition) is 1. The number of hydrogen-bond acceptors (Lipinski definition) is 6. The highest BCUT2D eigenvalue weighted by Gasteiger charge is 2.12. The van der Waals surface area contributed by atoms with Crippen LogP contribution < -0.4 is 10.1 Å². The van der Waals surface area contributed by atoms with E-state index in [2.05, 4.69) is 38.7 Å². The Hall–Kier alpha value is -2.60. The lowest BCUT2D eigenvalue weighted by Gasteiger charge is -2.12. The fourth-order valence-corrected chi connectivity index (χ4v) is 3.20. The lowest BCUT2D eigenvalue weighted by molar-refractivity contribution is 0.339. The van der Waals surface area contributed by atoms with Gasteiger partial charge in [-0.1, -0.05) is 24.3 Å². The predicted molar refractivity (Wildman–Crippen MR) is 108 cm³/mol. The zero-order valence-electron chi connectivity index (χ0n) is 15.2. The first kappa shape index (κ1) is 18.2. The zero-order chi connectivity index (χ0) is 18.4. The number of thioether (sulfide) groups is 1. The van der Waals surface area contributed by atoms with Crippen LogP contribution in [0.25, 0.3) is 11.4 Å². The summed E-state index contributed by atoms with van der Waals surface area (Å²) in [5.74, 6) is 2.89. The first-order valence-corrected chi connectivity index (χ1v) is 9.87. The van der Waals surface area contributed by atoms with Crippen molar-refractivity contribution < 1.29 is 4.74 Å². The molecule has 1 N–H and O–H groups in total. The van der Waals surface area contributed by atoms with Crippen molar-refractivity contribution in [3.05, 3.63) is 59.9 Å². The number of anilines is 2. The van der Waals surface area contributed by atoms with Crippen LogP contribution in [0.1, 0.15) is 18.1 Å². The van der Waals surface area contributed by atoms with Crippen LogP contribution >= 0.6 is 11.8 Å². The number of benzene rings is 2. The van der Waals surface area contributed by atoms with Gasteiger partial charge in [-0.3, -0.25) is 0 Å². The molecule has 6 heteroatoms. The topological polar surface area (TPSA) is 59.9 Å². The maximum atomic E-state index is 5.80. The summed E-state index contributed by atoms with van der Waals surface area (Å²) < 4.78 is 5.80. The molecule has 1 aromatic heterocycles. The Balaban J connectivity index is 1.90. The molecule has 0 saturated heterocycles. The van der Waals surface area contributed by atoms with Crippen LogP contribution in [0.3, 0.4) is 0 Å². The lowest BCUT2D eigenvalue weighted by Crippen LogP contribution is -2.02. The van der Waals surface area contributed by atoms with E-state index in [1.54, 1.807) is 11.8 Å². The van der Waals surface area contributed by atoms with Gasteiger partial charge >= 0.3 is 0 Å². The molecule has 0 spiro atoms. The third-order valence-corrected chi connectivity index (χ3v) is 4.43. The van der Waals surface area contributed by atoms with Gasteiger partial charge in [-0.2, -0.15) is 16.7 Å². The molecule has 0 unspecified atom stereocenters. The fraction of sp³-hybridized carbons (Fsp3) is 0.250. The van der Waals surface area contributed by atoms with Crippen LogP contribution in [0.5, 0.6) is 5.75 Å². The zero-order valence-corrected chi connectivity index (χ0v) is 16.0. The van der Waals surface area contributed by atoms with Gasteiger partial charge in [0.2, 0.25) is 5.95 Å². The van der Waals surface area contributed by atoms with Crippen molar-refractivity contribution in [2.75, 3.05) is 18.2 Å². The van der Waals surface area contributed by atoms with Crippen molar-refractivity contribution in [2.24, 2.45) is 0 Å². The highest BCUT2D eigenvalue weighted by molar-refractivity contribution is 7.97. The minimum atomic E-state index is 0.514. The highest BCUT2D eigenvalue weighted by Crippen LogP contribution is 2.31. The van der Waals surface area contributed by atoms with Gasteiger partial charge in [0.1, 0.15) is 12.1 Å². The van der Waals surface area contributed by atoms with Crippen LogP contribution in [0.15, 0.2) is 48.8 Å². The quantitative estimate of drug-likeness (QED) is 0.645. The maximum Gasteiger partial charge on any atom is 0.230 e. The largest absolute Gasteiger partial charge is 0.493 e. The molecule has 2 aromatic carbocycles.